The third-order valence-electron chi connectivity index (χ3n) is 3.35. The van der Waals surface area contributed by atoms with Gasteiger partial charge in [0.2, 0.25) is 11.8 Å². The lowest BCUT2D eigenvalue weighted by Gasteiger charge is -2.36. The highest BCUT2D eigenvalue weighted by molar-refractivity contribution is 7.13. The number of rotatable bonds is 6. The maximum Gasteiger partial charge on any atom is 0.246 e. The molecule has 1 heterocycles. The van der Waals surface area contributed by atoms with Gasteiger partial charge in [0.1, 0.15) is 0 Å². The van der Waals surface area contributed by atoms with Crippen molar-refractivity contribution < 1.29 is 9.59 Å². The molecule has 1 aromatic heterocycles. The molecule has 0 aliphatic carbocycles. The molecule has 124 valence electrons. The van der Waals surface area contributed by atoms with Crippen LogP contribution < -0.4 is 28.3 Å². The number of thiazole rings is 1. The van der Waals surface area contributed by atoms with Gasteiger partial charge in [-0.15, -0.1) is 11.3 Å². The second-order valence-electron chi connectivity index (χ2n) is 6.43. The van der Waals surface area contributed by atoms with Crippen LogP contribution in [0.1, 0.15) is 45.7 Å². The van der Waals surface area contributed by atoms with Gasteiger partial charge in [-0.05, 0) is 18.3 Å². The van der Waals surface area contributed by atoms with Crippen molar-refractivity contribution in [2.45, 2.75) is 45.4 Å². The summed E-state index contributed by atoms with van der Waals surface area (Å²) in [5.74, 6) is 9.75. The second kappa shape index (κ2) is 7.03. The molecule has 0 saturated carbocycles. The molecule has 0 bridgehead atoms. The molecular formula is C13H24N6O2S. The number of nitrogen functional groups attached to an aromatic ring is 1. The number of nitrogens with one attached hydrogen (secondary N) is 2. The number of anilines is 1. The van der Waals surface area contributed by atoms with Gasteiger partial charge in [-0.1, -0.05) is 20.8 Å². The number of hydrogen-bond donors (Lipinski definition) is 5. The summed E-state index contributed by atoms with van der Waals surface area (Å²) in [5, 5.41) is 2.10. The normalized spacial score (nSPS) is 14.2. The van der Waals surface area contributed by atoms with Crippen LogP contribution in [0.15, 0.2) is 5.38 Å². The number of nitrogens with zero attached hydrogens (tertiary/aromatic N) is 1. The van der Waals surface area contributed by atoms with Crippen LogP contribution >= 0.6 is 11.3 Å². The first kappa shape index (κ1) is 18.3. The number of nitrogens with two attached hydrogens (primary N) is 3. The van der Waals surface area contributed by atoms with E-state index in [2.05, 4.69) is 15.8 Å². The zero-order chi connectivity index (χ0) is 17.0. The van der Waals surface area contributed by atoms with Crippen LogP contribution in [0.5, 0.6) is 0 Å². The molecule has 0 saturated heterocycles. The van der Waals surface area contributed by atoms with E-state index in [1.807, 2.05) is 20.8 Å². The monoisotopic (exact) mass is 328 g/mol. The van der Waals surface area contributed by atoms with Crippen LogP contribution in [0.3, 0.4) is 0 Å². The molecule has 0 aromatic carbocycles. The Labute approximate surface area is 133 Å². The summed E-state index contributed by atoms with van der Waals surface area (Å²) in [7, 11) is 0. The smallest absolute Gasteiger partial charge is 0.246 e. The zero-order valence-corrected chi connectivity index (χ0v) is 13.9. The van der Waals surface area contributed by atoms with Gasteiger partial charge in [0.15, 0.2) is 5.13 Å². The van der Waals surface area contributed by atoms with E-state index in [4.69, 9.17) is 17.4 Å². The van der Waals surface area contributed by atoms with Crippen molar-refractivity contribution in [3.05, 3.63) is 11.1 Å². The molecule has 0 aliphatic heterocycles. The van der Waals surface area contributed by atoms with Crippen molar-refractivity contribution in [1.82, 2.24) is 15.8 Å². The fraction of sp³-hybridized carbons (Fsp3) is 0.615. The molecule has 8 nitrogen and oxygen atoms in total. The van der Waals surface area contributed by atoms with Gasteiger partial charge in [-0.25, -0.2) is 16.7 Å². The largest absolute Gasteiger partial charge is 0.375 e. The first-order valence-electron chi connectivity index (χ1n) is 6.86. The molecule has 1 atom stereocenters. The summed E-state index contributed by atoms with van der Waals surface area (Å²) in [4.78, 5) is 28.3. The summed E-state index contributed by atoms with van der Waals surface area (Å²) in [5.41, 5.74) is 9.28. The highest BCUT2D eigenvalue weighted by atomic mass is 32.1. The Balaban J connectivity index is 3.29. The Hall–Kier alpha value is -1.71. The fourth-order valence-electron chi connectivity index (χ4n) is 2.57. The van der Waals surface area contributed by atoms with E-state index in [0.717, 1.165) is 0 Å². The number of amides is 2. The minimum Gasteiger partial charge on any atom is -0.375 e. The van der Waals surface area contributed by atoms with Gasteiger partial charge >= 0.3 is 0 Å². The van der Waals surface area contributed by atoms with Crippen LogP contribution in [0.25, 0.3) is 0 Å². The Morgan fingerprint density at radius 1 is 1.27 bits per heavy atom. The Morgan fingerprint density at radius 2 is 1.91 bits per heavy atom. The predicted molar refractivity (Wildman–Crippen MR) is 86.2 cm³/mol. The van der Waals surface area contributed by atoms with Crippen molar-refractivity contribution in [2.24, 2.45) is 17.1 Å². The Bertz CT molecular complexity index is 539. The molecule has 1 aromatic rings. The van der Waals surface area contributed by atoms with Crippen LogP contribution in [0.2, 0.25) is 0 Å². The maximum absolute atomic E-state index is 12.5. The van der Waals surface area contributed by atoms with E-state index >= 15 is 0 Å². The third kappa shape index (κ3) is 4.39. The van der Waals surface area contributed by atoms with Crippen molar-refractivity contribution in [2.75, 3.05) is 5.73 Å². The van der Waals surface area contributed by atoms with Crippen LogP contribution in [0, 0.1) is 5.41 Å². The van der Waals surface area contributed by atoms with Crippen LogP contribution in [0.4, 0.5) is 5.13 Å². The third-order valence-corrected chi connectivity index (χ3v) is 4.02. The van der Waals surface area contributed by atoms with Gasteiger partial charge in [-0.3, -0.25) is 20.4 Å². The lowest BCUT2D eigenvalue weighted by atomic mass is 9.69. The number of aromatic nitrogens is 1. The van der Waals surface area contributed by atoms with E-state index in [1.165, 1.54) is 11.3 Å². The number of carbonyl (C=O) groups is 2. The summed E-state index contributed by atoms with van der Waals surface area (Å²) >= 11 is 1.25. The predicted octanol–water partition coefficient (Wildman–Crippen LogP) is 0.159. The zero-order valence-electron chi connectivity index (χ0n) is 13.1. The molecule has 0 fully saturated rings. The van der Waals surface area contributed by atoms with Crippen LogP contribution in [-0.2, 0) is 15.0 Å². The topological polar surface area (TPSA) is 149 Å². The standard InChI is InChI=1S/C13H24N6O2S/c1-12(2,3)7-13(10(21)19-16,5-4-9(20)18-15)8-6-22-11(14)17-8/h6H,4-5,7,15-16H2,1-3H3,(H2,14,17)(H,18,20)(H,19,21)/t13-/m1/s1. The molecule has 0 spiro atoms. The molecule has 22 heavy (non-hydrogen) atoms. The van der Waals surface area contributed by atoms with Crippen molar-refractivity contribution in [3.8, 4) is 0 Å². The maximum atomic E-state index is 12.5. The quantitative estimate of drug-likeness (QED) is 0.285. The van der Waals surface area contributed by atoms with Crippen molar-refractivity contribution >= 4 is 28.3 Å². The molecule has 8 N–H and O–H groups in total. The number of hydrazine groups is 2. The highest BCUT2D eigenvalue weighted by Gasteiger charge is 2.44. The van der Waals surface area contributed by atoms with E-state index in [9.17, 15) is 9.59 Å². The van der Waals surface area contributed by atoms with E-state index in [-0.39, 0.29) is 24.2 Å². The number of hydrogen-bond acceptors (Lipinski definition) is 7. The summed E-state index contributed by atoms with van der Waals surface area (Å²) in [6.07, 6.45) is 0.779. The van der Waals surface area contributed by atoms with Crippen LogP contribution in [-0.4, -0.2) is 16.8 Å². The van der Waals surface area contributed by atoms with Gasteiger partial charge in [0.25, 0.3) is 0 Å². The second-order valence-corrected chi connectivity index (χ2v) is 7.32. The van der Waals surface area contributed by atoms with E-state index in [1.54, 1.807) is 5.38 Å². The first-order valence-corrected chi connectivity index (χ1v) is 7.74. The van der Waals surface area contributed by atoms with Gasteiger partial charge in [0.05, 0.1) is 11.1 Å². The lowest BCUT2D eigenvalue weighted by Crippen LogP contribution is -2.50. The molecule has 9 heteroatoms. The van der Waals surface area contributed by atoms with Crippen molar-refractivity contribution in [3.63, 3.8) is 0 Å². The Morgan fingerprint density at radius 3 is 2.32 bits per heavy atom. The summed E-state index contributed by atoms with van der Waals surface area (Å²) in [6.45, 7) is 6.01. The molecule has 0 radical (unpaired) electrons. The number of carbonyl (C=O) groups excluding carboxylic acids is 2. The highest BCUT2D eigenvalue weighted by Crippen LogP contribution is 2.41. The van der Waals surface area contributed by atoms with Gasteiger partial charge < -0.3 is 5.73 Å². The van der Waals surface area contributed by atoms with Gasteiger partial charge in [-0.2, -0.15) is 0 Å². The van der Waals surface area contributed by atoms with E-state index in [0.29, 0.717) is 17.2 Å². The fourth-order valence-corrected chi connectivity index (χ4v) is 3.23. The van der Waals surface area contributed by atoms with E-state index < -0.39 is 11.3 Å². The molecular weight excluding hydrogens is 304 g/mol. The average molecular weight is 328 g/mol. The summed E-state index contributed by atoms with van der Waals surface area (Å²) in [6, 6.07) is 0. The summed E-state index contributed by atoms with van der Waals surface area (Å²) < 4.78 is 0. The SMILES string of the molecule is CC(C)(C)C[C@@](CCC(=O)NN)(C(=O)NN)c1csc(N)n1. The first-order chi connectivity index (χ1) is 10.1. The molecule has 1 rings (SSSR count). The molecule has 0 unspecified atom stereocenters. The minimum absolute atomic E-state index is 0.0808. The minimum atomic E-state index is -1.03. The Kier molecular flexibility index (Phi) is 5.86. The van der Waals surface area contributed by atoms with Crippen molar-refractivity contribution in [1.29, 1.82) is 0 Å². The van der Waals surface area contributed by atoms with Gasteiger partial charge in [0, 0.05) is 11.8 Å². The molecule has 2 amide bonds. The molecule has 0 aliphatic rings. The average Bonchev–Trinajstić information content (AvgIpc) is 2.87. The lowest BCUT2D eigenvalue weighted by molar-refractivity contribution is -0.129.